The van der Waals surface area contributed by atoms with Gasteiger partial charge in [0, 0.05) is 6.54 Å². The predicted molar refractivity (Wildman–Crippen MR) is 94.0 cm³/mol. The fourth-order valence-corrected chi connectivity index (χ4v) is 3.15. The largest absolute Gasteiger partial charge is 0.464 e. The molecule has 0 saturated carbocycles. The van der Waals surface area contributed by atoms with Crippen LogP contribution in [0.2, 0.25) is 0 Å². The molecule has 1 aromatic heterocycles. The van der Waals surface area contributed by atoms with Gasteiger partial charge in [-0.3, -0.25) is 24.1 Å². The topological polar surface area (TPSA) is 92.8 Å². The fourth-order valence-electron chi connectivity index (χ4n) is 2.51. The van der Waals surface area contributed by atoms with Crippen LogP contribution in [-0.4, -0.2) is 48.3 Å². The lowest BCUT2D eigenvalue weighted by Crippen LogP contribution is -2.36. The Morgan fingerprint density at radius 3 is 2.35 bits per heavy atom. The van der Waals surface area contributed by atoms with Gasteiger partial charge in [-0.1, -0.05) is 18.2 Å². The maximum Gasteiger partial charge on any atom is 0.326 e. The summed E-state index contributed by atoms with van der Waals surface area (Å²) < 4.78 is 5.04. The molecule has 3 rings (SSSR count). The van der Waals surface area contributed by atoms with Crippen LogP contribution in [-0.2, 0) is 9.53 Å². The van der Waals surface area contributed by atoms with Crippen molar-refractivity contribution in [2.45, 2.75) is 6.42 Å². The number of ether oxygens (including phenoxy) is 1. The Morgan fingerprint density at radius 1 is 1.04 bits per heavy atom. The number of thiophene rings is 1. The minimum Gasteiger partial charge on any atom is -0.464 e. The second-order valence-electron chi connectivity index (χ2n) is 5.55. The molecule has 1 aliphatic heterocycles. The Morgan fingerprint density at radius 2 is 1.73 bits per heavy atom. The molecule has 0 bridgehead atoms. The number of imide groups is 1. The van der Waals surface area contributed by atoms with Crippen molar-refractivity contribution in [3.8, 4) is 0 Å². The highest BCUT2D eigenvalue weighted by Crippen LogP contribution is 2.22. The summed E-state index contributed by atoms with van der Waals surface area (Å²) in [5.74, 6) is -1.82. The summed E-state index contributed by atoms with van der Waals surface area (Å²) in [6.45, 7) is 0.0255. The van der Waals surface area contributed by atoms with Gasteiger partial charge < -0.3 is 10.1 Å². The average molecular weight is 372 g/mol. The zero-order valence-corrected chi connectivity index (χ0v) is 14.6. The van der Waals surface area contributed by atoms with E-state index >= 15 is 0 Å². The zero-order chi connectivity index (χ0) is 18.5. The van der Waals surface area contributed by atoms with Crippen LogP contribution < -0.4 is 5.32 Å². The lowest BCUT2D eigenvalue weighted by atomic mass is 10.1. The number of carbonyl (C=O) groups is 4. The first-order chi connectivity index (χ1) is 12.6. The zero-order valence-electron chi connectivity index (χ0n) is 13.8. The van der Waals surface area contributed by atoms with E-state index in [0.29, 0.717) is 29.0 Å². The van der Waals surface area contributed by atoms with E-state index in [4.69, 9.17) is 4.74 Å². The summed E-state index contributed by atoms with van der Waals surface area (Å²) in [7, 11) is 0. The molecule has 0 unspecified atom stereocenters. The van der Waals surface area contributed by atoms with E-state index in [2.05, 4.69) is 5.32 Å². The molecule has 0 aliphatic carbocycles. The van der Waals surface area contributed by atoms with Crippen molar-refractivity contribution in [1.82, 2.24) is 10.2 Å². The predicted octanol–water partition coefficient (Wildman–Crippen LogP) is 1.71. The Hall–Kier alpha value is -3.00. The maximum absolute atomic E-state index is 12.2. The Bertz CT molecular complexity index is 812. The number of carbonyl (C=O) groups excluding carboxylic acids is 4. The summed E-state index contributed by atoms with van der Waals surface area (Å²) in [5, 5.41) is 4.53. The van der Waals surface area contributed by atoms with Gasteiger partial charge in [-0.05, 0) is 30.0 Å². The summed E-state index contributed by atoms with van der Waals surface area (Å²) in [4.78, 5) is 49.4. The van der Waals surface area contributed by atoms with Crippen LogP contribution in [0.3, 0.4) is 0 Å². The molecule has 2 aromatic rings. The number of amides is 3. The van der Waals surface area contributed by atoms with Crippen molar-refractivity contribution in [3.05, 3.63) is 57.8 Å². The van der Waals surface area contributed by atoms with E-state index < -0.39 is 24.3 Å². The van der Waals surface area contributed by atoms with Gasteiger partial charge in [-0.2, -0.15) is 0 Å². The first-order valence-corrected chi connectivity index (χ1v) is 8.88. The molecule has 3 amide bonds. The van der Waals surface area contributed by atoms with E-state index in [1.807, 2.05) is 5.38 Å². The minimum atomic E-state index is -0.663. The number of nitrogens with one attached hydrogen (secondary N) is 1. The molecule has 26 heavy (non-hydrogen) atoms. The molecule has 8 heteroatoms. The van der Waals surface area contributed by atoms with Gasteiger partial charge in [-0.15, -0.1) is 11.3 Å². The van der Waals surface area contributed by atoms with Crippen LogP contribution in [0.4, 0.5) is 0 Å². The maximum atomic E-state index is 12.2. The number of nitrogens with zero attached hydrogens (tertiary/aromatic N) is 1. The molecule has 0 fully saturated rings. The van der Waals surface area contributed by atoms with Crippen molar-refractivity contribution in [2.75, 3.05) is 19.7 Å². The van der Waals surface area contributed by atoms with Gasteiger partial charge in [0.05, 0.1) is 22.6 Å². The summed E-state index contributed by atoms with van der Waals surface area (Å²) in [5.41, 5.74) is 0.586. The van der Waals surface area contributed by atoms with Gasteiger partial charge in [0.1, 0.15) is 6.54 Å². The molecule has 134 valence electrons. The number of benzene rings is 1. The Kier molecular flexibility index (Phi) is 5.43. The van der Waals surface area contributed by atoms with E-state index in [0.717, 1.165) is 4.90 Å². The second kappa shape index (κ2) is 7.92. The number of hydrogen-bond acceptors (Lipinski definition) is 6. The molecular weight excluding hydrogens is 356 g/mol. The molecule has 0 spiro atoms. The summed E-state index contributed by atoms with van der Waals surface area (Å²) in [6.07, 6.45) is 0.435. The van der Waals surface area contributed by atoms with Gasteiger partial charge in [0.15, 0.2) is 0 Å². The van der Waals surface area contributed by atoms with E-state index in [9.17, 15) is 19.2 Å². The highest BCUT2D eigenvalue weighted by atomic mass is 32.1. The number of fused-ring (bicyclic) bond motifs is 1. The van der Waals surface area contributed by atoms with Crippen molar-refractivity contribution in [1.29, 1.82) is 0 Å². The summed E-state index contributed by atoms with van der Waals surface area (Å²) >= 11 is 1.35. The number of esters is 1. The molecule has 0 radical (unpaired) electrons. The highest BCUT2D eigenvalue weighted by molar-refractivity contribution is 7.12. The van der Waals surface area contributed by atoms with Crippen molar-refractivity contribution >= 4 is 35.0 Å². The van der Waals surface area contributed by atoms with E-state index in [-0.39, 0.29) is 12.5 Å². The third-order valence-electron chi connectivity index (χ3n) is 3.78. The first-order valence-electron chi connectivity index (χ1n) is 8.00. The van der Waals surface area contributed by atoms with Gasteiger partial charge >= 0.3 is 5.97 Å². The molecule has 7 nitrogen and oxygen atoms in total. The quantitative estimate of drug-likeness (QED) is 0.454. The van der Waals surface area contributed by atoms with Crippen LogP contribution in [0.1, 0.15) is 36.8 Å². The number of hydrogen-bond donors (Lipinski definition) is 1. The average Bonchev–Trinajstić information content (AvgIpc) is 3.26. The molecule has 0 saturated heterocycles. The van der Waals surface area contributed by atoms with Gasteiger partial charge in [0.2, 0.25) is 0 Å². The Balaban J connectivity index is 1.39. The first kappa shape index (κ1) is 17.8. The van der Waals surface area contributed by atoms with Gasteiger partial charge in [0.25, 0.3) is 17.7 Å². The molecule has 0 atom stereocenters. The van der Waals surface area contributed by atoms with Crippen LogP contribution in [0.15, 0.2) is 41.8 Å². The van der Waals surface area contributed by atoms with Crippen LogP contribution in [0.25, 0.3) is 0 Å². The lowest BCUT2D eigenvalue weighted by molar-refractivity contribution is -0.143. The van der Waals surface area contributed by atoms with Crippen molar-refractivity contribution in [3.63, 3.8) is 0 Å². The standard InChI is InChI=1S/C18H16N2O5S/c21-15(25-9-4-8-19-16(22)14-7-3-10-26-14)11-20-17(23)12-5-1-2-6-13(12)18(20)24/h1-3,5-7,10H,4,8-9,11H2,(H,19,22). The van der Waals surface area contributed by atoms with Crippen LogP contribution in [0.5, 0.6) is 0 Å². The third kappa shape index (κ3) is 3.80. The van der Waals surface area contributed by atoms with Crippen molar-refractivity contribution in [2.24, 2.45) is 0 Å². The van der Waals surface area contributed by atoms with E-state index in [1.165, 1.54) is 11.3 Å². The number of rotatable bonds is 7. The smallest absolute Gasteiger partial charge is 0.326 e. The molecule has 1 N–H and O–H groups in total. The normalized spacial score (nSPS) is 12.8. The minimum absolute atomic E-state index is 0.0900. The molecule has 1 aromatic carbocycles. The fraction of sp³-hybridized carbons (Fsp3) is 0.222. The van der Waals surface area contributed by atoms with Gasteiger partial charge in [-0.25, -0.2) is 0 Å². The molecule has 2 heterocycles. The lowest BCUT2D eigenvalue weighted by Gasteiger charge is -2.13. The molecular formula is C18H16N2O5S. The van der Waals surface area contributed by atoms with Crippen LogP contribution >= 0.6 is 11.3 Å². The Labute approximate surface area is 153 Å². The second-order valence-corrected chi connectivity index (χ2v) is 6.50. The van der Waals surface area contributed by atoms with Crippen molar-refractivity contribution < 1.29 is 23.9 Å². The molecule has 1 aliphatic rings. The van der Waals surface area contributed by atoms with E-state index in [1.54, 1.807) is 36.4 Å². The summed E-state index contributed by atoms with van der Waals surface area (Å²) in [6, 6.07) is 9.95. The monoisotopic (exact) mass is 372 g/mol. The third-order valence-corrected chi connectivity index (χ3v) is 4.65. The SMILES string of the molecule is O=C(CN1C(=O)c2ccccc2C1=O)OCCCNC(=O)c1cccs1. The highest BCUT2D eigenvalue weighted by Gasteiger charge is 2.36. The van der Waals surface area contributed by atoms with Crippen LogP contribution in [0, 0.1) is 0 Å².